The minimum absolute atomic E-state index is 0.216. The molecule has 31 heavy (non-hydrogen) atoms. The van der Waals surface area contributed by atoms with Gasteiger partial charge in [-0.05, 0) is 17.7 Å². The Morgan fingerprint density at radius 3 is 1.61 bits per heavy atom. The van der Waals surface area contributed by atoms with E-state index < -0.39 is 11.9 Å². The molecule has 0 unspecified atom stereocenters. The van der Waals surface area contributed by atoms with Crippen molar-refractivity contribution in [2.24, 2.45) is 0 Å². The number of anilines is 1. The van der Waals surface area contributed by atoms with Gasteiger partial charge in [0.15, 0.2) is 0 Å². The van der Waals surface area contributed by atoms with Crippen molar-refractivity contribution in [1.82, 2.24) is 19.6 Å². The van der Waals surface area contributed by atoms with Crippen LogP contribution in [0.3, 0.4) is 0 Å². The van der Waals surface area contributed by atoms with Crippen molar-refractivity contribution >= 4 is 23.9 Å². The van der Waals surface area contributed by atoms with Gasteiger partial charge in [0.2, 0.25) is 0 Å². The summed E-state index contributed by atoms with van der Waals surface area (Å²) >= 11 is 0. The molecule has 0 spiro atoms. The number of carbonyl (C=O) groups excluding carboxylic acids is 3. The zero-order valence-corrected chi connectivity index (χ0v) is 17.8. The fourth-order valence-corrected chi connectivity index (χ4v) is 3.59. The predicted molar refractivity (Wildman–Crippen MR) is 112 cm³/mol. The Labute approximate surface area is 182 Å². The quantitative estimate of drug-likeness (QED) is 0.328. The zero-order valence-electron chi connectivity index (χ0n) is 17.8. The van der Waals surface area contributed by atoms with E-state index >= 15 is 0 Å². The number of nitrogens with two attached hydrogens (primary N) is 1. The van der Waals surface area contributed by atoms with Crippen LogP contribution in [0.5, 0.6) is 0 Å². The summed E-state index contributed by atoms with van der Waals surface area (Å²) in [7, 11) is 0. The van der Waals surface area contributed by atoms with E-state index in [0.29, 0.717) is 64.6 Å². The van der Waals surface area contributed by atoms with Crippen molar-refractivity contribution in [3.63, 3.8) is 0 Å². The average Bonchev–Trinajstić information content (AvgIpc) is 2.70. The molecule has 1 fully saturated rings. The molecule has 1 aliphatic heterocycles. The van der Waals surface area contributed by atoms with Crippen LogP contribution in [0.2, 0.25) is 0 Å². The summed E-state index contributed by atoms with van der Waals surface area (Å²) in [4.78, 5) is 41.1. The van der Waals surface area contributed by atoms with Crippen LogP contribution in [0.15, 0.2) is 24.3 Å². The Balaban J connectivity index is 2.12. The second kappa shape index (κ2) is 13.0. The van der Waals surface area contributed by atoms with E-state index in [4.69, 9.17) is 5.73 Å². The Morgan fingerprint density at radius 1 is 0.774 bits per heavy atom. The van der Waals surface area contributed by atoms with Gasteiger partial charge in [0.25, 0.3) is 0 Å². The molecule has 1 heterocycles. The summed E-state index contributed by atoms with van der Waals surface area (Å²) < 4.78 is 0. The molecule has 1 aliphatic rings. The summed E-state index contributed by atoms with van der Waals surface area (Å²) in [6.45, 7) is 4.66. The molecular weight excluding hydrogens is 402 g/mol. The van der Waals surface area contributed by atoms with Gasteiger partial charge in [-0.1, -0.05) is 12.1 Å². The molecule has 1 saturated heterocycles. The van der Waals surface area contributed by atoms with Crippen LogP contribution in [0.25, 0.3) is 0 Å². The van der Waals surface area contributed by atoms with Gasteiger partial charge in [0.1, 0.15) is 6.29 Å². The fraction of sp³-hybridized carbons (Fsp3) is 0.571. The first-order valence-electron chi connectivity index (χ1n) is 10.4. The van der Waals surface area contributed by atoms with E-state index in [0.717, 1.165) is 11.8 Å². The minimum atomic E-state index is -1.19. The van der Waals surface area contributed by atoms with Gasteiger partial charge >= 0.3 is 0 Å². The maximum Gasteiger partial charge on any atom is 0.133 e. The molecular formula is C21H31N5O5-2. The number of aliphatic carboxylic acids is 2. The second-order valence-corrected chi connectivity index (χ2v) is 7.78. The normalized spacial score (nSPS) is 18.7. The Morgan fingerprint density at radius 2 is 1.19 bits per heavy atom. The standard InChI is InChI=1S/C21H33N5O5/c22-19-3-1-18(2-4-19)15-24-7-5-23(13-14-27)6-8-25(16-20(28)29)11-12-26(10-9-24)17-21(30)31/h1-4,14H,5-13,15-17,22H2,(H,28,29)(H,30,31)/p-2. The third-order valence-electron chi connectivity index (χ3n) is 5.35. The van der Waals surface area contributed by atoms with Gasteiger partial charge in [-0.3, -0.25) is 19.6 Å². The van der Waals surface area contributed by atoms with Crippen LogP contribution in [-0.4, -0.2) is 110 Å². The fourth-order valence-electron chi connectivity index (χ4n) is 3.59. The van der Waals surface area contributed by atoms with Gasteiger partial charge < -0.3 is 30.3 Å². The minimum Gasteiger partial charge on any atom is -0.549 e. The van der Waals surface area contributed by atoms with Crippen LogP contribution in [0, 0.1) is 0 Å². The maximum absolute atomic E-state index is 11.2. The van der Waals surface area contributed by atoms with Crippen molar-refractivity contribution < 1.29 is 24.6 Å². The molecule has 2 rings (SSSR count). The van der Waals surface area contributed by atoms with Crippen LogP contribution in [0.4, 0.5) is 5.69 Å². The summed E-state index contributed by atoms with van der Waals surface area (Å²) in [5.41, 5.74) is 7.55. The number of carbonyl (C=O) groups is 3. The number of nitrogens with zero attached hydrogens (tertiary/aromatic N) is 4. The number of carboxylic acid groups (broad SMARTS) is 2. The van der Waals surface area contributed by atoms with Gasteiger partial charge in [0.05, 0.1) is 18.5 Å². The first-order valence-corrected chi connectivity index (χ1v) is 10.4. The van der Waals surface area contributed by atoms with E-state index in [2.05, 4.69) is 4.90 Å². The number of nitrogen functional groups attached to an aromatic ring is 1. The van der Waals surface area contributed by atoms with Crippen molar-refractivity contribution in [2.45, 2.75) is 6.54 Å². The van der Waals surface area contributed by atoms with Gasteiger partial charge in [-0.25, -0.2) is 0 Å². The Hall–Kier alpha value is -2.53. The van der Waals surface area contributed by atoms with E-state index in [-0.39, 0.29) is 19.6 Å². The smallest absolute Gasteiger partial charge is 0.133 e. The van der Waals surface area contributed by atoms with Crippen LogP contribution >= 0.6 is 0 Å². The van der Waals surface area contributed by atoms with Crippen molar-refractivity contribution in [1.29, 1.82) is 0 Å². The maximum atomic E-state index is 11.2. The third-order valence-corrected chi connectivity index (χ3v) is 5.35. The monoisotopic (exact) mass is 433 g/mol. The Kier molecular flexibility index (Phi) is 10.4. The van der Waals surface area contributed by atoms with Crippen LogP contribution in [0.1, 0.15) is 5.56 Å². The highest BCUT2D eigenvalue weighted by molar-refractivity contribution is 5.67. The highest BCUT2D eigenvalue weighted by Gasteiger charge is 2.17. The van der Waals surface area contributed by atoms with Crippen molar-refractivity contribution in [3.8, 4) is 0 Å². The first-order chi connectivity index (χ1) is 14.9. The van der Waals surface area contributed by atoms with E-state index in [1.54, 1.807) is 9.80 Å². The Bertz CT molecular complexity index is 715. The molecule has 0 bridgehead atoms. The molecule has 0 radical (unpaired) electrons. The van der Waals surface area contributed by atoms with E-state index in [9.17, 15) is 24.6 Å². The molecule has 0 aliphatic carbocycles. The molecule has 0 amide bonds. The van der Waals surface area contributed by atoms with Crippen molar-refractivity contribution in [2.75, 3.05) is 77.7 Å². The highest BCUT2D eigenvalue weighted by atomic mass is 16.4. The lowest BCUT2D eigenvalue weighted by molar-refractivity contribution is -0.308. The summed E-state index contributed by atoms with van der Waals surface area (Å²) in [6.07, 6.45) is 0.848. The number of hydrogen-bond donors (Lipinski definition) is 1. The summed E-state index contributed by atoms with van der Waals surface area (Å²) in [6, 6.07) is 7.62. The van der Waals surface area contributed by atoms with Crippen LogP contribution < -0.4 is 15.9 Å². The first kappa shape index (κ1) is 24.7. The zero-order chi connectivity index (χ0) is 22.6. The topological polar surface area (TPSA) is 136 Å². The second-order valence-electron chi connectivity index (χ2n) is 7.78. The molecule has 0 aromatic heterocycles. The summed E-state index contributed by atoms with van der Waals surface area (Å²) in [5, 5.41) is 22.3. The van der Waals surface area contributed by atoms with Gasteiger partial charge in [-0.2, -0.15) is 0 Å². The average molecular weight is 434 g/mol. The molecule has 10 heteroatoms. The molecule has 2 N–H and O–H groups in total. The lowest BCUT2D eigenvalue weighted by Gasteiger charge is -2.34. The predicted octanol–water partition coefficient (Wildman–Crippen LogP) is -3.31. The lowest BCUT2D eigenvalue weighted by Crippen LogP contribution is -2.50. The lowest BCUT2D eigenvalue weighted by atomic mass is 10.2. The van der Waals surface area contributed by atoms with Crippen LogP contribution in [-0.2, 0) is 20.9 Å². The third kappa shape index (κ3) is 9.88. The number of carboxylic acids is 2. The molecule has 0 saturated carbocycles. The summed E-state index contributed by atoms with van der Waals surface area (Å²) in [5.74, 6) is -2.35. The number of aldehydes is 1. The largest absolute Gasteiger partial charge is 0.549 e. The van der Waals surface area contributed by atoms with E-state index in [1.807, 2.05) is 29.2 Å². The van der Waals surface area contributed by atoms with Gasteiger partial charge in [0, 0.05) is 77.7 Å². The molecule has 1 aromatic rings. The number of benzene rings is 1. The van der Waals surface area contributed by atoms with E-state index in [1.165, 1.54) is 0 Å². The molecule has 0 atom stereocenters. The number of hydrogen-bond acceptors (Lipinski definition) is 10. The van der Waals surface area contributed by atoms with Gasteiger partial charge in [-0.15, -0.1) is 0 Å². The molecule has 10 nitrogen and oxygen atoms in total. The van der Waals surface area contributed by atoms with Crippen molar-refractivity contribution in [3.05, 3.63) is 29.8 Å². The molecule has 172 valence electrons. The number of rotatable bonds is 8. The SMILES string of the molecule is Nc1ccc(CN2CCN(CC=O)CCN(CC(=O)[O-])CCN(CC(=O)[O-])CC2)cc1. The molecule has 1 aromatic carbocycles. The highest BCUT2D eigenvalue weighted by Crippen LogP contribution is 2.09.